The molecule has 0 aliphatic heterocycles. The number of hydrogen-bond acceptors (Lipinski definition) is 0. The van der Waals surface area contributed by atoms with E-state index in [2.05, 4.69) is 255 Å². The summed E-state index contributed by atoms with van der Waals surface area (Å²) < 4.78 is 2.92. The van der Waals surface area contributed by atoms with E-state index in [0.717, 1.165) is 12.8 Å². The molecule has 0 saturated heterocycles. The van der Waals surface area contributed by atoms with Gasteiger partial charge in [-0.25, -0.2) is 11.1 Å². The first kappa shape index (κ1) is 59.2. The Labute approximate surface area is 432 Å². The molecule has 0 nitrogen and oxygen atoms in total. The normalized spacial score (nSPS) is 13.0. The zero-order valence-electron chi connectivity index (χ0n) is 41.2. The molecule has 0 aromatic heterocycles. The number of hydrogen-bond donors (Lipinski definition) is 0. The second-order valence-electron chi connectivity index (χ2n) is 20.0. The third kappa shape index (κ3) is 20.3. The molecule has 2 aliphatic carbocycles. The Balaban J connectivity index is 0.000000384. The first-order chi connectivity index (χ1) is 29.0. The van der Waals surface area contributed by atoms with Gasteiger partial charge >= 0.3 is 141 Å². The van der Waals surface area contributed by atoms with E-state index < -0.39 is 0 Å². The average Bonchev–Trinajstić information content (AvgIpc) is 4.06. The Kier molecular flexibility index (Phi) is 25.6. The van der Waals surface area contributed by atoms with Gasteiger partial charge in [-0.1, -0.05) is 106 Å². The van der Waals surface area contributed by atoms with Crippen molar-refractivity contribution in [2.45, 2.75) is 110 Å². The van der Waals surface area contributed by atoms with Crippen molar-refractivity contribution in [3.63, 3.8) is 0 Å². The summed E-state index contributed by atoms with van der Waals surface area (Å²) in [6.45, 7) is 31.6. The molecule has 8 rings (SSSR count). The van der Waals surface area contributed by atoms with Crippen LogP contribution in [0.15, 0.2) is 180 Å². The van der Waals surface area contributed by atoms with E-state index in [1.807, 2.05) is 12.1 Å². The number of rotatable bonds is 2. The maximum atomic E-state index is 3.48. The minimum atomic E-state index is 0. The van der Waals surface area contributed by atoms with Crippen molar-refractivity contribution < 1.29 is 73.3 Å². The number of fused-ring (bicyclic) bond motifs is 2. The van der Waals surface area contributed by atoms with Crippen LogP contribution in [0.1, 0.15) is 121 Å². The molecule has 0 fully saturated rings. The van der Waals surface area contributed by atoms with Gasteiger partial charge in [0.2, 0.25) is 0 Å². The van der Waals surface area contributed by atoms with Crippen LogP contribution in [0, 0.1) is 33.8 Å². The predicted octanol–water partition coefficient (Wildman–Crippen LogP) is 10.9. The van der Waals surface area contributed by atoms with Crippen LogP contribution in [0.5, 0.6) is 0 Å². The minimum absolute atomic E-state index is 0. The van der Waals surface area contributed by atoms with Crippen molar-refractivity contribution in [3.8, 4) is 0 Å². The topological polar surface area (TPSA) is 0 Å². The Bertz CT molecular complexity index is 2130. The van der Waals surface area contributed by atoms with E-state index in [1.54, 1.807) is 0 Å². The fourth-order valence-corrected chi connectivity index (χ4v) is 7.94. The first-order valence-electron chi connectivity index (χ1n) is 22.1. The Morgan fingerprint density at radius 3 is 0.953 bits per heavy atom. The fourth-order valence-electron chi connectivity index (χ4n) is 7.12. The van der Waals surface area contributed by atoms with Gasteiger partial charge < -0.3 is 24.8 Å². The smallest absolute Gasteiger partial charge is 0.0809 e. The molecule has 0 saturated carbocycles. The summed E-state index contributed by atoms with van der Waals surface area (Å²) in [5.74, 6) is 0. The van der Waals surface area contributed by atoms with E-state index >= 15 is 0 Å². The molecule has 4 heteroatoms. The fraction of sp³-hybridized carbons (Fsp3) is 0.333. The maximum Gasteiger partial charge on any atom is -0.0809 e. The van der Waals surface area contributed by atoms with Gasteiger partial charge in [0.15, 0.2) is 0 Å². The zero-order chi connectivity index (χ0) is 46.1. The molecule has 64 heavy (non-hydrogen) atoms. The van der Waals surface area contributed by atoms with Gasteiger partial charge in [0.1, 0.15) is 0 Å². The van der Waals surface area contributed by atoms with Crippen molar-refractivity contribution in [2.24, 2.45) is 21.7 Å². The largest absolute Gasteiger partial charge is 1.00 e. The van der Waals surface area contributed by atoms with Crippen LogP contribution in [0.3, 0.4) is 0 Å². The minimum Gasteiger partial charge on any atom is -1.00 e. The zero-order valence-corrected chi connectivity index (χ0v) is 47.6. The molecular weight excluding hydrogens is 974 g/mol. The van der Waals surface area contributed by atoms with Crippen molar-refractivity contribution in [1.29, 1.82) is 0 Å². The summed E-state index contributed by atoms with van der Waals surface area (Å²) in [5.41, 5.74) is 9.58. The summed E-state index contributed by atoms with van der Waals surface area (Å²) in [6, 6.07) is 50.3. The van der Waals surface area contributed by atoms with Crippen LogP contribution in [0.2, 0.25) is 0 Å². The van der Waals surface area contributed by atoms with Crippen molar-refractivity contribution in [1.82, 2.24) is 0 Å². The molecule has 0 spiro atoms. The number of allylic oxidation sites excluding steroid dienone is 8. The number of halogens is 2. The summed E-state index contributed by atoms with van der Waals surface area (Å²) in [7, 11) is 0. The SMILES string of the molecule is CC(C)(C)C1=[C-]CC=C1C(C)(C)C.CC(C)(C)C1=[C-]CC=C1C(C)(C)C.C[C](=[Zr+2])c1ccccc1.C[C](=[Zr+2])c1ccccc1.[Cl-].[Cl-].c1ccc2[cH-]ccc2c1.c1ccc2[cH-]ccc2c1. The van der Waals surface area contributed by atoms with Gasteiger partial charge in [0.25, 0.3) is 0 Å². The van der Waals surface area contributed by atoms with Crippen LogP contribution in [0.25, 0.3) is 21.5 Å². The maximum absolute atomic E-state index is 3.48. The van der Waals surface area contributed by atoms with Gasteiger partial charge in [-0.15, -0.1) is 72.1 Å². The molecule has 2 aliphatic rings. The molecule has 0 atom stereocenters. The Morgan fingerprint density at radius 1 is 0.422 bits per heavy atom. The second kappa shape index (κ2) is 27.7. The third-order valence-corrected chi connectivity index (χ3v) is 11.8. The van der Waals surface area contributed by atoms with Gasteiger partial charge in [0.05, 0.1) is 0 Å². The van der Waals surface area contributed by atoms with Gasteiger partial charge in [-0.05, 0) is 10.8 Å². The van der Waals surface area contributed by atoms with E-state index in [4.69, 9.17) is 0 Å². The average molecular weight is 1050 g/mol. The summed E-state index contributed by atoms with van der Waals surface area (Å²) in [4.78, 5) is 0. The molecule has 6 aromatic rings. The van der Waals surface area contributed by atoms with Crippen LogP contribution in [-0.4, -0.2) is 6.41 Å². The summed E-state index contributed by atoms with van der Waals surface area (Å²) >= 11 is 3.01. The van der Waals surface area contributed by atoms with Crippen molar-refractivity contribution in [3.05, 3.63) is 203 Å². The van der Waals surface area contributed by atoms with Gasteiger partial charge in [0, 0.05) is 0 Å². The molecule has 6 aromatic carbocycles. The van der Waals surface area contributed by atoms with Crippen molar-refractivity contribution in [2.75, 3.05) is 0 Å². The molecule has 0 heterocycles. The first-order valence-corrected chi connectivity index (χ1v) is 24.5. The predicted molar refractivity (Wildman–Crippen MR) is 268 cm³/mol. The Hall–Kier alpha value is -2.85. The van der Waals surface area contributed by atoms with E-state index in [1.165, 1.54) is 110 Å². The molecule has 336 valence electrons. The van der Waals surface area contributed by atoms with Crippen LogP contribution >= 0.6 is 0 Å². The monoisotopic (exact) mass is 1040 g/mol. The summed E-state index contributed by atoms with van der Waals surface area (Å²) in [5, 5.41) is 5.32. The van der Waals surface area contributed by atoms with E-state index in [0.29, 0.717) is 0 Å². The van der Waals surface area contributed by atoms with Gasteiger partial charge in [-0.3, -0.25) is 12.2 Å². The standard InChI is InChI=1S/2C13H21.2C9H7.2C8H8.2ClH.2Zr/c2*1-12(2,3)10-8-7-9-11(10)13(4,5)6;2*1-2-5-9-7-3-6-8(9)4-1;2*1-2-8-6-4-3-5-7-8;;;;/h2*8H,7H2,1-6H3;2*1-7H;2*3-7H,1H3;2*1H;;/q4*-1;;;;;2*+2/p-2. The van der Waals surface area contributed by atoms with E-state index in [9.17, 15) is 0 Å². The quantitative estimate of drug-likeness (QED) is 0.152. The molecule has 0 N–H and O–H groups in total. The van der Waals surface area contributed by atoms with Gasteiger partial charge in [-0.2, -0.15) is 58.3 Å². The van der Waals surface area contributed by atoms with Crippen molar-refractivity contribution >= 4 is 28.0 Å². The second-order valence-corrected chi connectivity index (χ2v) is 23.7. The third-order valence-electron chi connectivity index (χ3n) is 10.3. The summed E-state index contributed by atoms with van der Waals surface area (Å²) in [6.07, 6.45) is 13.6. The van der Waals surface area contributed by atoms with E-state index in [-0.39, 0.29) is 46.5 Å². The molecule has 0 unspecified atom stereocenters. The Morgan fingerprint density at radius 2 is 0.719 bits per heavy atom. The van der Waals surface area contributed by atoms with Crippen LogP contribution < -0.4 is 24.8 Å². The van der Waals surface area contributed by atoms with Crippen LogP contribution in [-0.2, 0) is 48.5 Å². The number of benzene rings is 4. The molecule has 0 amide bonds. The molecular formula is C60H72Cl2Zr2-2. The molecule has 0 radical (unpaired) electrons. The molecule has 0 bridgehead atoms. The van der Waals surface area contributed by atoms with Crippen LogP contribution in [0.4, 0.5) is 0 Å².